The van der Waals surface area contributed by atoms with E-state index in [1.165, 1.54) is 18.2 Å². The van der Waals surface area contributed by atoms with Crippen LogP contribution in [0.2, 0.25) is 5.02 Å². The Balaban J connectivity index is 1.97. The molecule has 0 aliphatic carbocycles. The van der Waals surface area contributed by atoms with Crippen molar-refractivity contribution in [1.82, 2.24) is 4.90 Å². The summed E-state index contributed by atoms with van der Waals surface area (Å²) < 4.78 is 13.6. The normalized spacial score (nSPS) is 11.8. The summed E-state index contributed by atoms with van der Waals surface area (Å²) in [6.07, 6.45) is 0. The van der Waals surface area contributed by atoms with E-state index in [1.54, 1.807) is 36.4 Å². The minimum atomic E-state index is -0.474. The highest BCUT2D eigenvalue weighted by atomic mass is 35.5. The molecule has 0 fully saturated rings. The fourth-order valence-corrected chi connectivity index (χ4v) is 4.01. The molecule has 1 atom stereocenters. The summed E-state index contributed by atoms with van der Waals surface area (Å²) in [5.74, 6) is -0.832. The van der Waals surface area contributed by atoms with Gasteiger partial charge in [0.2, 0.25) is 0 Å². The Bertz CT molecular complexity index is 1210. The quantitative estimate of drug-likeness (QED) is 0.389. The Morgan fingerprint density at radius 1 is 0.971 bits per heavy atom. The van der Waals surface area contributed by atoms with Crippen LogP contribution in [0.5, 0.6) is 0 Å². The van der Waals surface area contributed by atoms with E-state index in [4.69, 9.17) is 11.6 Å². The number of benzene rings is 3. The molecule has 3 aromatic rings. The van der Waals surface area contributed by atoms with Gasteiger partial charge in [-0.1, -0.05) is 43.6 Å². The van der Waals surface area contributed by atoms with Crippen molar-refractivity contribution in [2.75, 3.05) is 24.3 Å². The number of rotatable bonds is 8. The second-order valence-corrected chi connectivity index (χ2v) is 9.51. The highest BCUT2D eigenvalue weighted by Crippen LogP contribution is 2.28. The van der Waals surface area contributed by atoms with Gasteiger partial charge in [-0.3, -0.25) is 9.59 Å². The van der Waals surface area contributed by atoms with Crippen LogP contribution < -0.4 is 10.2 Å². The molecule has 0 aromatic heterocycles. The molecule has 3 aromatic carbocycles. The lowest BCUT2D eigenvalue weighted by atomic mass is 10.0. The molecule has 0 saturated heterocycles. The van der Waals surface area contributed by atoms with Crippen molar-refractivity contribution in [2.45, 2.75) is 33.4 Å². The molecule has 0 spiro atoms. The molecule has 0 heterocycles. The van der Waals surface area contributed by atoms with Crippen LogP contribution in [0.3, 0.4) is 0 Å². The number of anilines is 2. The van der Waals surface area contributed by atoms with Crippen molar-refractivity contribution in [3.63, 3.8) is 0 Å². The maximum atomic E-state index is 13.6. The average Bonchev–Trinajstić information content (AvgIpc) is 2.82. The van der Waals surface area contributed by atoms with Gasteiger partial charge in [0.25, 0.3) is 11.8 Å². The Hall–Kier alpha value is -3.38. The van der Waals surface area contributed by atoms with Crippen molar-refractivity contribution < 1.29 is 14.0 Å². The van der Waals surface area contributed by atoms with Crippen LogP contribution in [0.15, 0.2) is 66.7 Å². The largest absolute Gasteiger partial charge is 0.377 e. The molecule has 2 amide bonds. The third-order valence-corrected chi connectivity index (χ3v) is 6.40. The van der Waals surface area contributed by atoms with Crippen LogP contribution in [-0.2, 0) is 6.54 Å². The zero-order valence-corrected chi connectivity index (χ0v) is 21.4. The van der Waals surface area contributed by atoms with Crippen LogP contribution in [-0.4, -0.2) is 36.9 Å². The molecular formula is C28H31ClFN3O2. The Morgan fingerprint density at radius 3 is 2.31 bits per heavy atom. The molecule has 0 saturated carbocycles. The minimum Gasteiger partial charge on any atom is -0.377 e. The Kier molecular flexibility index (Phi) is 8.52. The summed E-state index contributed by atoms with van der Waals surface area (Å²) in [5.41, 5.74) is 3.01. The summed E-state index contributed by atoms with van der Waals surface area (Å²) in [5, 5.41) is 3.24. The molecule has 0 aliphatic heterocycles. The van der Waals surface area contributed by atoms with E-state index < -0.39 is 11.7 Å². The summed E-state index contributed by atoms with van der Waals surface area (Å²) in [7, 11) is 3.85. The van der Waals surface area contributed by atoms with Crippen LogP contribution in [0.4, 0.5) is 15.8 Å². The third kappa shape index (κ3) is 6.40. The monoisotopic (exact) mass is 495 g/mol. The lowest BCUT2D eigenvalue weighted by Gasteiger charge is -2.33. The first kappa shape index (κ1) is 26.2. The van der Waals surface area contributed by atoms with E-state index >= 15 is 0 Å². The molecule has 1 N–H and O–H groups in total. The zero-order chi connectivity index (χ0) is 25.7. The highest BCUT2D eigenvalue weighted by Gasteiger charge is 2.26. The Labute approximate surface area is 211 Å². The van der Waals surface area contributed by atoms with Crippen molar-refractivity contribution in [3.05, 3.63) is 94.3 Å². The number of nitrogens with one attached hydrogen (secondary N) is 1. The van der Waals surface area contributed by atoms with Gasteiger partial charge in [-0.05, 0) is 66.9 Å². The number of hydrogen-bond donors (Lipinski definition) is 1. The second kappa shape index (κ2) is 11.4. The molecule has 0 radical (unpaired) electrons. The lowest BCUT2D eigenvalue weighted by molar-refractivity contribution is 0.0628. The molecule has 5 nitrogen and oxygen atoms in total. The van der Waals surface area contributed by atoms with E-state index in [-0.39, 0.29) is 23.4 Å². The van der Waals surface area contributed by atoms with Gasteiger partial charge in [-0.25, -0.2) is 4.39 Å². The second-order valence-electron chi connectivity index (χ2n) is 9.10. The zero-order valence-electron chi connectivity index (χ0n) is 20.7. The van der Waals surface area contributed by atoms with Crippen LogP contribution in [0.1, 0.15) is 47.1 Å². The van der Waals surface area contributed by atoms with Gasteiger partial charge in [0.1, 0.15) is 5.82 Å². The summed E-state index contributed by atoms with van der Waals surface area (Å²) >= 11 is 6.35. The van der Waals surface area contributed by atoms with Crippen molar-refractivity contribution in [3.8, 4) is 0 Å². The molecule has 1 unspecified atom stereocenters. The fourth-order valence-electron chi connectivity index (χ4n) is 3.79. The third-order valence-electron chi connectivity index (χ3n) is 6.07. The first-order valence-corrected chi connectivity index (χ1v) is 11.9. The summed E-state index contributed by atoms with van der Waals surface area (Å²) in [4.78, 5) is 30.1. The van der Waals surface area contributed by atoms with Gasteiger partial charge >= 0.3 is 0 Å². The van der Waals surface area contributed by atoms with E-state index in [1.807, 2.05) is 43.0 Å². The molecule has 184 valence electrons. The number of nitrogens with zero attached hydrogens (tertiary/aromatic N) is 2. The predicted octanol–water partition coefficient (Wildman–Crippen LogP) is 6.48. The predicted molar refractivity (Wildman–Crippen MR) is 141 cm³/mol. The SMILES string of the molecule is CC(C)C(C)N(Cc1cc(NC(=O)c2cccc(F)c2)ccc1N(C)C)C(=O)c1ccccc1Cl. The smallest absolute Gasteiger partial charge is 0.255 e. The van der Waals surface area contributed by atoms with Crippen LogP contribution in [0, 0.1) is 11.7 Å². The molecule has 7 heteroatoms. The molecule has 0 bridgehead atoms. The van der Waals surface area contributed by atoms with Crippen molar-refractivity contribution in [2.24, 2.45) is 5.92 Å². The molecule has 0 aliphatic rings. The maximum Gasteiger partial charge on any atom is 0.255 e. The highest BCUT2D eigenvalue weighted by molar-refractivity contribution is 6.33. The van der Waals surface area contributed by atoms with Crippen molar-refractivity contribution >= 4 is 34.8 Å². The number of halogens is 2. The lowest BCUT2D eigenvalue weighted by Crippen LogP contribution is -2.41. The summed E-state index contributed by atoms with van der Waals surface area (Å²) in [6.45, 7) is 6.48. The van der Waals surface area contributed by atoms with Gasteiger partial charge in [0, 0.05) is 43.6 Å². The van der Waals surface area contributed by atoms with E-state index in [0.717, 1.165) is 11.3 Å². The van der Waals surface area contributed by atoms with Crippen molar-refractivity contribution in [1.29, 1.82) is 0 Å². The standard InChI is InChI=1S/C28H31ClFN3O2/c1-18(2)19(3)33(28(35)24-11-6-7-12-25(24)29)17-21-16-23(13-14-26(21)32(4)5)31-27(34)20-9-8-10-22(30)15-20/h6-16,18-19H,17H2,1-5H3,(H,31,34). The van der Waals surface area contributed by atoms with E-state index in [9.17, 15) is 14.0 Å². The van der Waals surface area contributed by atoms with Gasteiger partial charge in [-0.15, -0.1) is 0 Å². The number of carbonyl (C=O) groups is 2. The first-order valence-electron chi connectivity index (χ1n) is 11.5. The number of hydrogen-bond acceptors (Lipinski definition) is 3. The molecule has 3 rings (SSSR count). The topological polar surface area (TPSA) is 52.7 Å². The van der Waals surface area contributed by atoms with E-state index in [2.05, 4.69) is 19.2 Å². The van der Waals surface area contributed by atoms with Crippen LogP contribution in [0.25, 0.3) is 0 Å². The van der Waals surface area contributed by atoms with Crippen LogP contribution >= 0.6 is 11.6 Å². The van der Waals surface area contributed by atoms with Gasteiger partial charge in [-0.2, -0.15) is 0 Å². The number of amides is 2. The van der Waals surface area contributed by atoms with Gasteiger partial charge in [0.05, 0.1) is 10.6 Å². The molecule has 35 heavy (non-hydrogen) atoms. The average molecular weight is 496 g/mol. The summed E-state index contributed by atoms with van der Waals surface area (Å²) in [6, 6.07) is 18.0. The maximum absolute atomic E-state index is 13.6. The van der Waals surface area contributed by atoms with E-state index in [0.29, 0.717) is 22.8 Å². The van der Waals surface area contributed by atoms with Gasteiger partial charge in [0.15, 0.2) is 0 Å². The fraction of sp³-hybridized carbons (Fsp3) is 0.286. The Morgan fingerprint density at radius 2 is 1.69 bits per heavy atom. The minimum absolute atomic E-state index is 0.0701. The van der Waals surface area contributed by atoms with Gasteiger partial charge < -0.3 is 15.1 Å². The molecular weight excluding hydrogens is 465 g/mol. The number of carbonyl (C=O) groups excluding carboxylic acids is 2. The first-order chi connectivity index (χ1) is 16.6.